The van der Waals surface area contributed by atoms with Crippen molar-refractivity contribution in [1.82, 2.24) is 0 Å². The molecule has 0 unspecified atom stereocenters. The van der Waals surface area contributed by atoms with Crippen LogP contribution < -0.4 is 0 Å². The van der Waals surface area contributed by atoms with Crippen molar-refractivity contribution in [3.05, 3.63) is 125 Å². The second-order valence-electron chi connectivity index (χ2n) is 7.96. The fourth-order valence-corrected chi connectivity index (χ4v) is 3.54. The molecule has 4 rings (SSSR count). The average Bonchev–Trinajstić information content (AvgIpc) is 3.39. The Labute approximate surface area is 216 Å². The SMILES string of the molecule is CCCC1=[C-]CC=C1C.CCCC1=[C-]CC=C1C.[Zr+3].c1ccc([CH-]c2ccccc2)cc1. The molecule has 1 radical (unpaired) electrons. The predicted octanol–water partition coefficient (Wildman–Crippen LogP) is 9.02. The Hall–Kier alpha value is -1.85. The maximum absolute atomic E-state index is 3.33. The monoisotopic (exact) mass is 499 g/mol. The Kier molecular flexibility index (Phi) is 14.7. The van der Waals surface area contributed by atoms with Gasteiger partial charge in [0, 0.05) is 0 Å². The molecule has 2 aromatic rings. The summed E-state index contributed by atoms with van der Waals surface area (Å²) in [4.78, 5) is 0. The summed E-state index contributed by atoms with van der Waals surface area (Å²) in [5.74, 6) is 0. The van der Waals surface area contributed by atoms with E-state index in [4.69, 9.17) is 0 Å². The molecule has 2 aliphatic rings. The zero-order chi connectivity index (χ0) is 22.3. The molecule has 0 nitrogen and oxygen atoms in total. The number of rotatable bonds is 6. The number of allylic oxidation sites excluding steroid dienone is 8. The Morgan fingerprint density at radius 1 is 0.656 bits per heavy atom. The number of benzene rings is 2. The zero-order valence-corrected chi connectivity index (χ0v) is 22.7. The van der Waals surface area contributed by atoms with Crippen molar-refractivity contribution in [3.63, 3.8) is 0 Å². The van der Waals surface area contributed by atoms with Crippen molar-refractivity contribution in [3.8, 4) is 0 Å². The van der Waals surface area contributed by atoms with Crippen LogP contribution in [0.25, 0.3) is 0 Å². The van der Waals surface area contributed by atoms with E-state index >= 15 is 0 Å². The van der Waals surface area contributed by atoms with Gasteiger partial charge < -0.3 is 0 Å². The third-order valence-electron chi connectivity index (χ3n) is 5.33. The molecule has 0 spiro atoms. The van der Waals surface area contributed by atoms with E-state index in [-0.39, 0.29) is 26.2 Å². The van der Waals surface area contributed by atoms with Crippen LogP contribution in [-0.2, 0) is 26.2 Å². The molecule has 0 saturated heterocycles. The summed E-state index contributed by atoms with van der Waals surface area (Å²) in [7, 11) is 0. The molecule has 0 aromatic heterocycles. The molecule has 0 saturated carbocycles. The molecular formula is C31H37Zr. The molecule has 2 aromatic carbocycles. The smallest absolute Gasteiger partial charge is 0.269 e. The largest absolute Gasteiger partial charge is 3.00 e. The van der Waals surface area contributed by atoms with Crippen molar-refractivity contribution in [2.24, 2.45) is 0 Å². The van der Waals surface area contributed by atoms with Gasteiger partial charge in [-0.1, -0.05) is 75.9 Å². The topological polar surface area (TPSA) is 0 Å². The third kappa shape index (κ3) is 10.6. The van der Waals surface area contributed by atoms with Gasteiger partial charge >= 0.3 is 26.2 Å². The van der Waals surface area contributed by atoms with E-state index in [1.165, 1.54) is 59.1 Å². The molecule has 0 amide bonds. The van der Waals surface area contributed by atoms with Crippen LogP contribution >= 0.6 is 0 Å². The maximum Gasteiger partial charge on any atom is 3.00 e. The Morgan fingerprint density at radius 2 is 1.03 bits per heavy atom. The maximum atomic E-state index is 3.33. The van der Waals surface area contributed by atoms with Gasteiger partial charge in [0.2, 0.25) is 0 Å². The van der Waals surface area contributed by atoms with Crippen LogP contribution in [0.3, 0.4) is 0 Å². The first-order valence-corrected chi connectivity index (χ1v) is 11.6. The van der Waals surface area contributed by atoms with Gasteiger partial charge in [-0.15, -0.1) is 68.5 Å². The molecule has 165 valence electrons. The number of hydrogen-bond acceptors (Lipinski definition) is 0. The van der Waals surface area contributed by atoms with Crippen LogP contribution in [0, 0.1) is 18.6 Å². The standard InChI is InChI=1S/C13H11.2C9H13.Zr/c1-3-7-12(8-4-1)11-13-9-5-2-6-10-13;2*1-3-5-9-7-4-6-8(9)2;/h1-11H;2*6H,3-5H2,1-2H3;/q3*-1;+3. The van der Waals surface area contributed by atoms with Crippen LogP contribution in [0.2, 0.25) is 0 Å². The van der Waals surface area contributed by atoms with Gasteiger partial charge in [-0.05, 0) is 0 Å². The molecule has 0 fully saturated rings. The zero-order valence-electron chi connectivity index (χ0n) is 20.2. The van der Waals surface area contributed by atoms with Crippen LogP contribution in [0.4, 0.5) is 0 Å². The fraction of sp³-hybridized carbons (Fsp3) is 0.323. The molecule has 0 aliphatic heterocycles. The summed E-state index contributed by atoms with van der Waals surface area (Å²) in [6.45, 7) is 8.76. The summed E-state index contributed by atoms with van der Waals surface area (Å²) < 4.78 is 0. The fourth-order valence-electron chi connectivity index (χ4n) is 3.54. The molecule has 2 aliphatic carbocycles. The average molecular weight is 501 g/mol. The molecule has 32 heavy (non-hydrogen) atoms. The molecule has 0 atom stereocenters. The summed E-state index contributed by atoms with van der Waals surface area (Å²) in [6, 6.07) is 20.7. The van der Waals surface area contributed by atoms with Gasteiger partial charge in [0.05, 0.1) is 0 Å². The van der Waals surface area contributed by atoms with Gasteiger partial charge in [0.1, 0.15) is 0 Å². The summed E-state index contributed by atoms with van der Waals surface area (Å²) in [5, 5.41) is 0. The van der Waals surface area contributed by atoms with E-state index in [0.29, 0.717) is 0 Å². The van der Waals surface area contributed by atoms with Crippen LogP contribution in [-0.4, -0.2) is 0 Å². The molecule has 0 heterocycles. The Morgan fingerprint density at radius 3 is 1.31 bits per heavy atom. The minimum absolute atomic E-state index is 0. The second kappa shape index (κ2) is 16.7. The normalized spacial score (nSPS) is 13.8. The van der Waals surface area contributed by atoms with Crippen LogP contribution in [0.1, 0.15) is 77.3 Å². The summed E-state index contributed by atoms with van der Waals surface area (Å²) in [6.07, 6.45) is 20.3. The van der Waals surface area contributed by atoms with E-state index in [1.807, 2.05) is 12.1 Å². The van der Waals surface area contributed by atoms with Gasteiger partial charge in [-0.2, -0.15) is 12.2 Å². The minimum atomic E-state index is 0. The quantitative estimate of drug-likeness (QED) is 0.347. The molecular weight excluding hydrogens is 464 g/mol. The van der Waals surface area contributed by atoms with Crippen molar-refractivity contribution in [2.75, 3.05) is 0 Å². The van der Waals surface area contributed by atoms with Crippen molar-refractivity contribution < 1.29 is 26.2 Å². The van der Waals surface area contributed by atoms with Gasteiger partial charge in [0.25, 0.3) is 0 Å². The predicted molar refractivity (Wildman–Crippen MR) is 135 cm³/mol. The van der Waals surface area contributed by atoms with E-state index in [2.05, 4.69) is 107 Å². The van der Waals surface area contributed by atoms with Crippen LogP contribution in [0.5, 0.6) is 0 Å². The van der Waals surface area contributed by atoms with E-state index < -0.39 is 0 Å². The molecule has 0 N–H and O–H groups in total. The minimum Gasteiger partial charge on any atom is -0.269 e. The van der Waals surface area contributed by atoms with Crippen molar-refractivity contribution >= 4 is 0 Å². The Balaban J connectivity index is 0.000000243. The number of hydrogen-bond donors (Lipinski definition) is 0. The summed E-state index contributed by atoms with van der Waals surface area (Å²) in [5.41, 5.74) is 8.26. The summed E-state index contributed by atoms with van der Waals surface area (Å²) >= 11 is 0. The van der Waals surface area contributed by atoms with Gasteiger partial charge in [0.15, 0.2) is 0 Å². The van der Waals surface area contributed by atoms with E-state index in [0.717, 1.165) is 12.8 Å². The van der Waals surface area contributed by atoms with Crippen LogP contribution in [0.15, 0.2) is 95.1 Å². The Bertz CT molecular complexity index is 807. The van der Waals surface area contributed by atoms with Gasteiger partial charge in [-0.3, -0.25) is 12.2 Å². The second-order valence-corrected chi connectivity index (χ2v) is 7.96. The van der Waals surface area contributed by atoms with Crippen molar-refractivity contribution in [2.45, 2.75) is 66.2 Å². The molecule has 0 bridgehead atoms. The first-order valence-electron chi connectivity index (χ1n) is 11.6. The first kappa shape index (κ1) is 28.2. The van der Waals surface area contributed by atoms with E-state index in [1.54, 1.807) is 0 Å². The third-order valence-corrected chi connectivity index (χ3v) is 5.33. The van der Waals surface area contributed by atoms with E-state index in [9.17, 15) is 0 Å². The van der Waals surface area contributed by atoms with Crippen molar-refractivity contribution in [1.29, 1.82) is 0 Å². The first-order chi connectivity index (χ1) is 15.1. The molecule has 1 heteroatoms. The van der Waals surface area contributed by atoms with Gasteiger partial charge in [-0.25, -0.2) is 22.3 Å².